The zero-order valence-corrected chi connectivity index (χ0v) is 11.4. The molecule has 0 saturated heterocycles. The van der Waals surface area contributed by atoms with Crippen LogP contribution in [-0.2, 0) is 4.79 Å². The summed E-state index contributed by atoms with van der Waals surface area (Å²) in [7, 11) is 0. The molecular weight excluding hydrogens is 250 g/mol. The first-order valence-electron chi connectivity index (χ1n) is 6.57. The average molecular weight is 267 g/mol. The lowest BCUT2D eigenvalue weighted by Gasteiger charge is -2.08. The number of hydrogen-bond acceptors (Lipinski definition) is 2. The van der Waals surface area contributed by atoms with Gasteiger partial charge in [-0.05, 0) is 31.2 Å². The van der Waals surface area contributed by atoms with Crippen LogP contribution >= 0.6 is 0 Å². The molecule has 2 aromatic carbocycles. The molecule has 0 heterocycles. The van der Waals surface area contributed by atoms with E-state index in [1.54, 1.807) is 6.08 Å². The normalized spacial score (nSPS) is 10.4. The lowest BCUT2D eigenvalue weighted by atomic mass is 10.2. The minimum atomic E-state index is -0.109. The molecule has 0 radical (unpaired) electrons. The van der Waals surface area contributed by atoms with Gasteiger partial charge in [-0.25, -0.2) is 0 Å². The molecule has 3 heteroatoms. The van der Waals surface area contributed by atoms with Gasteiger partial charge in [-0.15, -0.1) is 0 Å². The Morgan fingerprint density at radius 1 is 1.10 bits per heavy atom. The van der Waals surface area contributed by atoms with Crippen molar-refractivity contribution in [3.8, 4) is 11.5 Å². The van der Waals surface area contributed by atoms with Crippen molar-refractivity contribution >= 4 is 12.0 Å². The quantitative estimate of drug-likeness (QED) is 0.840. The summed E-state index contributed by atoms with van der Waals surface area (Å²) >= 11 is 0. The SMILES string of the molecule is CCNC(=O)C=Cc1ccccc1Oc1ccccc1. The van der Waals surface area contributed by atoms with Crippen molar-refractivity contribution in [2.75, 3.05) is 6.54 Å². The maximum absolute atomic E-state index is 11.4. The van der Waals surface area contributed by atoms with Gasteiger partial charge in [0.1, 0.15) is 11.5 Å². The van der Waals surface area contributed by atoms with E-state index in [0.717, 1.165) is 17.1 Å². The van der Waals surface area contributed by atoms with Gasteiger partial charge in [0.2, 0.25) is 5.91 Å². The predicted octanol–water partition coefficient (Wildman–Crippen LogP) is 3.63. The summed E-state index contributed by atoms with van der Waals surface area (Å²) in [5.41, 5.74) is 0.864. The third-order valence-electron chi connectivity index (χ3n) is 2.66. The third kappa shape index (κ3) is 3.99. The minimum Gasteiger partial charge on any atom is -0.457 e. The molecule has 3 nitrogen and oxygen atoms in total. The zero-order chi connectivity index (χ0) is 14.2. The van der Waals surface area contributed by atoms with E-state index >= 15 is 0 Å². The van der Waals surface area contributed by atoms with E-state index in [9.17, 15) is 4.79 Å². The van der Waals surface area contributed by atoms with Crippen molar-refractivity contribution in [2.45, 2.75) is 6.92 Å². The number of likely N-dealkylation sites (N-methyl/N-ethyl adjacent to an activating group) is 1. The number of benzene rings is 2. The molecule has 0 aliphatic rings. The molecule has 0 aliphatic heterocycles. The van der Waals surface area contributed by atoms with Crippen LogP contribution in [0.1, 0.15) is 12.5 Å². The minimum absolute atomic E-state index is 0.109. The lowest BCUT2D eigenvalue weighted by molar-refractivity contribution is -0.116. The molecule has 0 aromatic heterocycles. The first-order valence-corrected chi connectivity index (χ1v) is 6.57. The van der Waals surface area contributed by atoms with Crippen LogP contribution in [-0.4, -0.2) is 12.5 Å². The largest absolute Gasteiger partial charge is 0.457 e. The van der Waals surface area contributed by atoms with Crippen molar-refractivity contribution in [1.29, 1.82) is 0 Å². The Balaban J connectivity index is 2.16. The Labute approximate surface area is 118 Å². The molecule has 0 aliphatic carbocycles. The summed E-state index contributed by atoms with van der Waals surface area (Å²) in [5, 5.41) is 2.72. The third-order valence-corrected chi connectivity index (χ3v) is 2.66. The monoisotopic (exact) mass is 267 g/mol. The molecule has 0 fully saturated rings. The van der Waals surface area contributed by atoms with E-state index in [1.807, 2.05) is 61.5 Å². The van der Waals surface area contributed by atoms with Crippen molar-refractivity contribution < 1.29 is 9.53 Å². The second-order valence-corrected chi connectivity index (χ2v) is 4.18. The van der Waals surface area contributed by atoms with Gasteiger partial charge in [0.05, 0.1) is 0 Å². The van der Waals surface area contributed by atoms with Crippen LogP contribution < -0.4 is 10.1 Å². The standard InChI is InChI=1S/C17H17NO2/c1-2-18-17(19)13-12-14-8-6-7-11-16(14)20-15-9-4-3-5-10-15/h3-13H,2H2,1H3,(H,18,19). The Morgan fingerprint density at radius 2 is 1.80 bits per heavy atom. The second-order valence-electron chi connectivity index (χ2n) is 4.18. The van der Waals surface area contributed by atoms with Crippen molar-refractivity contribution in [1.82, 2.24) is 5.32 Å². The number of carbonyl (C=O) groups is 1. The first-order chi connectivity index (χ1) is 9.79. The highest BCUT2D eigenvalue weighted by molar-refractivity contribution is 5.92. The van der Waals surface area contributed by atoms with Crippen LogP contribution in [0.2, 0.25) is 0 Å². The predicted molar refractivity (Wildman–Crippen MR) is 80.7 cm³/mol. The maximum atomic E-state index is 11.4. The molecule has 0 unspecified atom stereocenters. The summed E-state index contributed by atoms with van der Waals surface area (Å²) in [6.45, 7) is 2.50. The van der Waals surface area contributed by atoms with E-state index in [0.29, 0.717) is 6.54 Å². The highest BCUT2D eigenvalue weighted by atomic mass is 16.5. The number of carbonyl (C=O) groups excluding carboxylic acids is 1. The maximum Gasteiger partial charge on any atom is 0.243 e. The molecule has 2 rings (SSSR count). The molecule has 2 aromatic rings. The van der Waals surface area contributed by atoms with E-state index in [2.05, 4.69) is 5.32 Å². The van der Waals surface area contributed by atoms with Crippen LogP contribution in [0, 0.1) is 0 Å². The van der Waals surface area contributed by atoms with Gasteiger partial charge in [-0.2, -0.15) is 0 Å². The molecule has 1 amide bonds. The molecule has 1 N–H and O–H groups in total. The number of hydrogen-bond donors (Lipinski definition) is 1. The average Bonchev–Trinajstić information content (AvgIpc) is 2.48. The molecule has 20 heavy (non-hydrogen) atoms. The Morgan fingerprint density at radius 3 is 2.55 bits per heavy atom. The molecule has 102 valence electrons. The van der Waals surface area contributed by atoms with Gasteiger partial charge in [-0.3, -0.25) is 4.79 Å². The van der Waals surface area contributed by atoms with Gasteiger partial charge in [0.25, 0.3) is 0 Å². The number of nitrogens with one attached hydrogen (secondary N) is 1. The topological polar surface area (TPSA) is 38.3 Å². The molecule has 0 spiro atoms. The molecule has 0 bridgehead atoms. The summed E-state index contributed by atoms with van der Waals surface area (Å²) in [6.07, 6.45) is 3.26. The van der Waals surface area contributed by atoms with Crippen molar-refractivity contribution in [3.05, 3.63) is 66.2 Å². The van der Waals surface area contributed by atoms with Crippen molar-refractivity contribution in [2.24, 2.45) is 0 Å². The number of para-hydroxylation sites is 2. The van der Waals surface area contributed by atoms with Gasteiger partial charge in [0, 0.05) is 18.2 Å². The van der Waals surface area contributed by atoms with Crippen LogP contribution in [0.4, 0.5) is 0 Å². The number of amides is 1. The van der Waals surface area contributed by atoms with E-state index in [1.165, 1.54) is 6.08 Å². The van der Waals surface area contributed by atoms with E-state index in [-0.39, 0.29) is 5.91 Å². The Hall–Kier alpha value is -2.55. The van der Waals surface area contributed by atoms with Gasteiger partial charge in [0.15, 0.2) is 0 Å². The first kappa shape index (κ1) is 13.9. The fourth-order valence-electron chi connectivity index (χ4n) is 1.73. The smallest absolute Gasteiger partial charge is 0.243 e. The number of ether oxygens (including phenoxy) is 1. The summed E-state index contributed by atoms with van der Waals surface area (Å²) < 4.78 is 5.82. The molecule has 0 saturated carbocycles. The molecule has 0 atom stereocenters. The van der Waals surface area contributed by atoms with Crippen molar-refractivity contribution in [3.63, 3.8) is 0 Å². The summed E-state index contributed by atoms with van der Waals surface area (Å²) in [5.74, 6) is 1.38. The van der Waals surface area contributed by atoms with E-state index in [4.69, 9.17) is 4.74 Å². The van der Waals surface area contributed by atoms with Crippen LogP contribution in [0.25, 0.3) is 6.08 Å². The van der Waals surface area contributed by atoms with E-state index < -0.39 is 0 Å². The zero-order valence-electron chi connectivity index (χ0n) is 11.4. The lowest BCUT2D eigenvalue weighted by Crippen LogP contribution is -2.19. The number of rotatable bonds is 5. The fraction of sp³-hybridized carbons (Fsp3) is 0.118. The highest BCUT2D eigenvalue weighted by Crippen LogP contribution is 2.25. The van der Waals surface area contributed by atoms with Gasteiger partial charge >= 0.3 is 0 Å². The van der Waals surface area contributed by atoms with Gasteiger partial charge in [-0.1, -0.05) is 36.4 Å². The molecular formula is C17H17NO2. The second kappa shape index (κ2) is 7.14. The fourth-order valence-corrected chi connectivity index (χ4v) is 1.73. The Kier molecular flexibility index (Phi) is 4.95. The van der Waals surface area contributed by atoms with Gasteiger partial charge < -0.3 is 10.1 Å². The summed E-state index contributed by atoms with van der Waals surface area (Å²) in [4.78, 5) is 11.4. The van der Waals surface area contributed by atoms with Crippen LogP contribution in [0.3, 0.4) is 0 Å². The Bertz CT molecular complexity index is 591. The summed E-state index contributed by atoms with van der Waals surface area (Å²) in [6, 6.07) is 17.2. The van der Waals surface area contributed by atoms with Crippen LogP contribution in [0.5, 0.6) is 11.5 Å². The highest BCUT2D eigenvalue weighted by Gasteiger charge is 2.02. The van der Waals surface area contributed by atoms with Crippen LogP contribution in [0.15, 0.2) is 60.7 Å².